The maximum Gasteiger partial charge on any atom is 0.427 e. The molecule has 1 rings (SSSR count). The van der Waals surface area contributed by atoms with E-state index in [9.17, 15) is 4.79 Å². The summed E-state index contributed by atoms with van der Waals surface area (Å²) in [6.07, 6.45) is 0.0904. The predicted octanol–water partition coefficient (Wildman–Crippen LogP) is 1.97. The van der Waals surface area contributed by atoms with Gasteiger partial charge < -0.3 is 9.47 Å². The van der Waals surface area contributed by atoms with E-state index in [2.05, 4.69) is 15.3 Å². The van der Waals surface area contributed by atoms with E-state index in [4.69, 9.17) is 4.74 Å². The smallest absolute Gasteiger partial charge is 0.427 e. The first-order valence-electron chi connectivity index (χ1n) is 5.15. The molecule has 5 heteroatoms. The molecule has 0 radical (unpaired) electrons. The third kappa shape index (κ3) is 4.55. The van der Waals surface area contributed by atoms with Crippen LogP contribution in [-0.4, -0.2) is 26.0 Å². The lowest BCUT2D eigenvalue weighted by Gasteiger charge is -2.03. The van der Waals surface area contributed by atoms with Crippen LogP contribution < -0.4 is 10.2 Å². The number of benzene rings is 1. The highest BCUT2D eigenvalue weighted by molar-refractivity contribution is 5.85. The Bertz CT molecular complexity index is 399. The van der Waals surface area contributed by atoms with Gasteiger partial charge in [-0.1, -0.05) is 12.1 Å². The number of nitrogens with zero attached hydrogens (tertiary/aromatic N) is 1. The van der Waals surface area contributed by atoms with Gasteiger partial charge in [-0.2, -0.15) is 5.10 Å². The Hall–Kier alpha value is -2.04. The topological polar surface area (TPSA) is 59.9 Å². The van der Waals surface area contributed by atoms with Crippen LogP contribution in [0.25, 0.3) is 0 Å². The maximum atomic E-state index is 10.8. The van der Waals surface area contributed by atoms with Crippen LogP contribution in [0.4, 0.5) is 4.79 Å². The zero-order chi connectivity index (χ0) is 12.7. The van der Waals surface area contributed by atoms with Gasteiger partial charge in [0.2, 0.25) is 0 Å². The molecule has 0 spiro atoms. The normalized spacial score (nSPS) is 10.9. The van der Waals surface area contributed by atoms with Crippen molar-refractivity contribution in [1.29, 1.82) is 0 Å². The molecule has 5 nitrogen and oxygen atoms in total. The van der Waals surface area contributed by atoms with Crippen LogP contribution >= 0.6 is 0 Å². The lowest BCUT2D eigenvalue weighted by atomic mass is 10.1. The molecule has 0 aromatic heterocycles. The molecule has 1 aromatic rings. The number of amides is 1. The van der Waals surface area contributed by atoms with Crippen LogP contribution in [-0.2, 0) is 11.2 Å². The zero-order valence-corrected chi connectivity index (χ0v) is 10.2. The van der Waals surface area contributed by atoms with Crippen molar-refractivity contribution < 1.29 is 14.3 Å². The third-order valence-electron chi connectivity index (χ3n) is 2.14. The number of ether oxygens (including phenoxy) is 2. The predicted molar refractivity (Wildman–Crippen MR) is 65.3 cm³/mol. The average molecular weight is 236 g/mol. The van der Waals surface area contributed by atoms with Gasteiger partial charge in [-0.15, -0.1) is 0 Å². The Labute approximate surface area is 100 Å². The highest BCUT2D eigenvalue weighted by Gasteiger charge is 1.99. The van der Waals surface area contributed by atoms with Gasteiger partial charge in [-0.05, 0) is 24.6 Å². The Morgan fingerprint density at radius 1 is 1.29 bits per heavy atom. The summed E-state index contributed by atoms with van der Waals surface area (Å²) in [5, 5.41) is 3.89. The van der Waals surface area contributed by atoms with Gasteiger partial charge in [0.05, 0.1) is 14.2 Å². The van der Waals surface area contributed by atoms with Gasteiger partial charge in [-0.25, -0.2) is 10.2 Å². The Kier molecular flexibility index (Phi) is 5.00. The first kappa shape index (κ1) is 13.0. The van der Waals surface area contributed by atoms with Crippen molar-refractivity contribution in [3.63, 3.8) is 0 Å². The molecule has 1 aromatic carbocycles. The first-order valence-corrected chi connectivity index (χ1v) is 5.15. The standard InChI is InChI=1S/C12H16N2O3/c1-9(13-14-12(15)17-3)8-10-4-6-11(16-2)7-5-10/h4-7H,8H2,1-3H3,(H,14,15)/b13-9-. The van der Waals surface area contributed by atoms with E-state index < -0.39 is 6.09 Å². The minimum Gasteiger partial charge on any atom is -0.497 e. The fourth-order valence-corrected chi connectivity index (χ4v) is 1.27. The van der Waals surface area contributed by atoms with Crippen molar-refractivity contribution in [3.8, 4) is 5.75 Å². The molecule has 0 aliphatic rings. The van der Waals surface area contributed by atoms with Crippen LogP contribution in [0.5, 0.6) is 5.75 Å². The quantitative estimate of drug-likeness (QED) is 0.642. The SMILES string of the molecule is COC(=O)N/N=C(/C)Cc1ccc(OC)cc1. The zero-order valence-electron chi connectivity index (χ0n) is 10.2. The Balaban J connectivity index is 2.54. The molecule has 0 bridgehead atoms. The van der Waals surface area contributed by atoms with E-state index in [0.29, 0.717) is 6.42 Å². The third-order valence-corrected chi connectivity index (χ3v) is 2.14. The molecule has 0 saturated heterocycles. The molecule has 0 aliphatic carbocycles. The van der Waals surface area contributed by atoms with Crippen molar-refractivity contribution >= 4 is 11.8 Å². The molecule has 0 heterocycles. The number of methoxy groups -OCH3 is 2. The number of rotatable bonds is 4. The summed E-state index contributed by atoms with van der Waals surface area (Å²) in [4.78, 5) is 10.8. The van der Waals surface area contributed by atoms with E-state index in [1.54, 1.807) is 7.11 Å². The van der Waals surface area contributed by atoms with Gasteiger partial charge in [0.1, 0.15) is 5.75 Å². The molecule has 0 unspecified atom stereocenters. The van der Waals surface area contributed by atoms with Gasteiger partial charge >= 0.3 is 6.09 Å². The van der Waals surface area contributed by atoms with Crippen molar-refractivity contribution in [2.24, 2.45) is 5.10 Å². The summed E-state index contributed by atoms with van der Waals surface area (Å²) in [6.45, 7) is 1.83. The van der Waals surface area contributed by atoms with Crippen molar-refractivity contribution in [1.82, 2.24) is 5.43 Å². The summed E-state index contributed by atoms with van der Waals surface area (Å²) in [5.74, 6) is 0.816. The van der Waals surface area contributed by atoms with Gasteiger partial charge in [0.15, 0.2) is 0 Å². The summed E-state index contributed by atoms with van der Waals surface area (Å²) < 4.78 is 9.47. The minimum absolute atomic E-state index is 0.570. The number of carbonyl (C=O) groups is 1. The minimum atomic E-state index is -0.570. The van der Waals surface area contributed by atoms with E-state index in [1.807, 2.05) is 31.2 Å². The second-order valence-electron chi connectivity index (χ2n) is 3.48. The van der Waals surface area contributed by atoms with Gasteiger partial charge in [0.25, 0.3) is 0 Å². The number of carbonyl (C=O) groups excluding carboxylic acids is 1. The summed E-state index contributed by atoms with van der Waals surface area (Å²) >= 11 is 0. The van der Waals surface area contributed by atoms with E-state index in [-0.39, 0.29) is 0 Å². The summed E-state index contributed by atoms with van der Waals surface area (Å²) in [6, 6.07) is 7.68. The number of nitrogens with one attached hydrogen (secondary N) is 1. The van der Waals surface area contributed by atoms with Crippen molar-refractivity contribution in [3.05, 3.63) is 29.8 Å². The fraction of sp³-hybridized carbons (Fsp3) is 0.333. The van der Waals surface area contributed by atoms with Crippen LogP contribution in [0.2, 0.25) is 0 Å². The molecule has 17 heavy (non-hydrogen) atoms. The van der Waals surface area contributed by atoms with Crippen LogP contribution in [0.15, 0.2) is 29.4 Å². The van der Waals surface area contributed by atoms with Crippen LogP contribution in [0.1, 0.15) is 12.5 Å². The molecule has 0 fully saturated rings. The van der Waals surface area contributed by atoms with Crippen LogP contribution in [0.3, 0.4) is 0 Å². The summed E-state index contributed by atoms with van der Waals surface area (Å²) in [5.41, 5.74) is 4.17. The second-order valence-corrected chi connectivity index (χ2v) is 3.48. The monoisotopic (exact) mass is 236 g/mol. The van der Waals surface area contributed by atoms with Gasteiger partial charge in [0, 0.05) is 12.1 Å². The summed E-state index contributed by atoms with van der Waals surface area (Å²) in [7, 11) is 2.92. The maximum absolute atomic E-state index is 10.8. The Morgan fingerprint density at radius 2 is 1.94 bits per heavy atom. The molecule has 1 amide bonds. The largest absolute Gasteiger partial charge is 0.497 e. The van der Waals surface area contributed by atoms with E-state index in [1.165, 1.54) is 7.11 Å². The van der Waals surface area contributed by atoms with Crippen molar-refractivity contribution in [2.75, 3.05) is 14.2 Å². The molecule has 0 atom stereocenters. The number of hydrogen-bond acceptors (Lipinski definition) is 4. The van der Waals surface area contributed by atoms with Crippen molar-refractivity contribution in [2.45, 2.75) is 13.3 Å². The molecular weight excluding hydrogens is 220 g/mol. The molecule has 1 N–H and O–H groups in total. The molecule has 0 saturated carbocycles. The highest BCUT2D eigenvalue weighted by atomic mass is 16.5. The first-order chi connectivity index (χ1) is 8.15. The lowest BCUT2D eigenvalue weighted by molar-refractivity contribution is 0.171. The number of hydrogen-bond donors (Lipinski definition) is 1. The van der Waals surface area contributed by atoms with Gasteiger partial charge in [-0.3, -0.25) is 0 Å². The molecular formula is C12H16N2O3. The van der Waals surface area contributed by atoms with E-state index in [0.717, 1.165) is 17.0 Å². The average Bonchev–Trinajstić information content (AvgIpc) is 2.36. The Morgan fingerprint density at radius 3 is 2.47 bits per heavy atom. The fourth-order valence-electron chi connectivity index (χ4n) is 1.27. The highest BCUT2D eigenvalue weighted by Crippen LogP contribution is 2.11. The molecule has 92 valence electrons. The van der Waals surface area contributed by atoms with E-state index >= 15 is 0 Å². The second kappa shape index (κ2) is 6.52. The van der Waals surface area contributed by atoms with Crippen LogP contribution in [0, 0.1) is 0 Å². The molecule has 0 aliphatic heterocycles. The number of hydrazone groups is 1. The lowest BCUT2D eigenvalue weighted by Crippen LogP contribution is -2.19.